The topological polar surface area (TPSA) is 59.6 Å². The Kier molecular flexibility index (Phi) is 11.3. The summed E-state index contributed by atoms with van der Waals surface area (Å²) < 4.78 is 5.85. The van der Waals surface area contributed by atoms with Crippen LogP contribution in [0.3, 0.4) is 0 Å². The third kappa shape index (κ3) is 10.2. The standard InChI is InChI=1S/C14H27N3O.HI/c1-12(2)11-17-14(15)16-9-10-18-13-7-5-3-4-6-8-13;/h13H,1,3-11H2,2H3,(H3,15,16,17);1H. The van der Waals surface area contributed by atoms with Gasteiger partial charge in [0.15, 0.2) is 5.96 Å². The summed E-state index contributed by atoms with van der Waals surface area (Å²) >= 11 is 0. The van der Waals surface area contributed by atoms with Gasteiger partial charge in [-0.25, -0.2) is 4.99 Å². The van der Waals surface area contributed by atoms with Gasteiger partial charge in [-0.1, -0.05) is 37.8 Å². The number of nitrogens with two attached hydrogens (primary N) is 1. The molecule has 112 valence electrons. The van der Waals surface area contributed by atoms with Crippen LogP contribution < -0.4 is 11.1 Å². The molecule has 3 N–H and O–H groups in total. The first kappa shape index (κ1) is 18.7. The van der Waals surface area contributed by atoms with E-state index in [4.69, 9.17) is 10.5 Å². The first-order valence-corrected chi connectivity index (χ1v) is 6.98. The molecule has 0 aliphatic heterocycles. The van der Waals surface area contributed by atoms with Crippen LogP contribution in [0.1, 0.15) is 45.4 Å². The Bertz CT molecular complexity index is 274. The van der Waals surface area contributed by atoms with Crippen LogP contribution in [0.5, 0.6) is 0 Å². The van der Waals surface area contributed by atoms with E-state index in [1.807, 2.05) is 6.92 Å². The predicted molar refractivity (Wildman–Crippen MR) is 92.2 cm³/mol. The summed E-state index contributed by atoms with van der Waals surface area (Å²) in [5.74, 6) is 0.475. The fraction of sp³-hybridized carbons (Fsp3) is 0.786. The molecule has 0 unspecified atom stereocenters. The first-order chi connectivity index (χ1) is 8.68. The van der Waals surface area contributed by atoms with Crippen molar-refractivity contribution >= 4 is 29.9 Å². The van der Waals surface area contributed by atoms with Crippen LogP contribution in [0.2, 0.25) is 0 Å². The number of halogens is 1. The number of nitrogens with zero attached hydrogens (tertiary/aromatic N) is 1. The van der Waals surface area contributed by atoms with Crippen molar-refractivity contribution in [2.45, 2.75) is 51.6 Å². The highest BCUT2D eigenvalue weighted by Gasteiger charge is 2.11. The zero-order chi connectivity index (χ0) is 13.2. The van der Waals surface area contributed by atoms with E-state index < -0.39 is 0 Å². The fourth-order valence-corrected chi connectivity index (χ4v) is 2.09. The number of rotatable bonds is 6. The highest BCUT2D eigenvalue weighted by Crippen LogP contribution is 2.19. The van der Waals surface area contributed by atoms with Crippen LogP contribution >= 0.6 is 24.0 Å². The summed E-state index contributed by atoms with van der Waals surface area (Å²) in [4.78, 5) is 4.15. The minimum absolute atomic E-state index is 0. The van der Waals surface area contributed by atoms with E-state index in [-0.39, 0.29) is 24.0 Å². The molecule has 1 fully saturated rings. The molecular formula is C14H28IN3O. The van der Waals surface area contributed by atoms with Gasteiger partial charge in [0.2, 0.25) is 0 Å². The van der Waals surface area contributed by atoms with Gasteiger partial charge in [0.25, 0.3) is 0 Å². The van der Waals surface area contributed by atoms with E-state index in [0.29, 0.717) is 25.2 Å². The maximum Gasteiger partial charge on any atom is 0.188 e. The molecule has 0 heterocycles. The minimum atomic E-state index is 0. The average molecular weight is 381 g/mol. The lowest BCUT2D eigenvalue weighted by atomic mass is 10.1. The molecule has 0 bridgehead atoms. The highest BCUT2D eigenvalue weighted by molar-refractivity contribution is 14.0. The summed E-state index contributed by atoms with van der Waals surface area (Å²) in [6.45, 7) is 7.73. The van der Waals surface area contributed by atoms with Gasteiger partial charge in [0, 0.05) is 6.54 Å². The molecule has 0 amide bonds. The highest BCUT2D eigenvalue weighted by atomic mass is 127. The van der Waals surface area contributed by atoms with Crippen LogP contribution in [0.25, 0.3) is 0 Å². The maximum atomic E-state index is 5.85. The van der Waals surface area contributed by atoms with Crippen LogP contribution in [0.15, 0.2) is 17.1 Å². The molecule has 0 saturated heterocycles. The summed E-state index contributed by atoms with van der Waals surface area (Å²) in [5.41, 5.74) is 6.72. The van der Waals surface area contributed by atoms with Crippen molar-refractivity contribution in [1.29, 1.82) is 0 Å². The molecule has 0 aromatic carbocycles. The Morgan fingerprint density at radius 1 is 1.32 bits per heavy atom. The van der Waals surface area contributed by atoms with E-state index in [1.165, 1.54) is 38.5 Å². The minimum Gasteiger partial charge on any atom is -0.376 e. The molecule has 0 aromatic heterocycles. The number of nitrogens with one attached hydrogen (secondary N) is 1. The molecule has 0 aromatic rings. The fourth-order valence-electron chi connectivity index (χ4n) is 2.09. The molecular weight excluding hydrogens is 353 g/mol. The van der Waals surface area contributed by atoms with Crippen molar-refractivity contribution in [3.05, 3.63) is 12.2 Å². The second-order valence-electron chi connectivity index (χ2n) is 5.07. The van der Waals surface area contributed by atoms with Crippen molar-refractivity contribution in [3.8, 4) is 0 Å². The van der Waals surface area contributed by atoms with Crippen LogP contribution in [0.4, 0.5) is 0 Å². The molecule has 1 saturated carbocycles. The van der Waals surface area contributed by atoms with Gasteiger partial charge in [-0.05, 0) is 19.8 Å². The van der Waals surface area contributed by atoms with Crippen molar-refractivity contribution < 1.29 is 4.74 Å². The van der Waals surface area contributed by atoms with Crippen LogP contribution in [-0.2, 0) is 4.74 Å². The average Bonchev–Trinajstić information content (AvgIpc) is 2.60. The number of hydrogen-bond donors (Lipinski definition) is 2. The van der Waals surface area contributed by atoms with Crippen LogP contribution in [-0.4, -0.2) is 31.8 Å². The third-order valence-electron chi connectivity index (χ3n) is 3.08. The Hall–Kier alpha value is -0.300. The van der Waals surface area contributed by atoms with E-state index >= 15 is 0 Å². The van der Waals surface area contributed by atoms with Gasteiger partial charge in [-0.15, -0.1) is 24.0 Å². The van der Waals surface area contributed by atoms with E-state index in [1.54, 1.807) is 0 Å². The van der Waals surface area contributed by atoms with Crippen LogP contribution in [0, 0.1) is 0 Å². The Morgan fingerprint density at radius 3 is 2.53 bits per heavy atom. The summed E-state index contributed by atoms with van der Waals surface area (Å²) in [6.07, 6.45) is 8.19. The van der Waals surface area contributed by atoms with Crippen molar-refractivity contribution in [2.75, 3.05) is 19.7 Å². The quantitative estimate of drug-likeness (QED) is 0.186. The van der Waals surface area contributed by atoms with Crippen molar-refractivity contribution in [1.82, 2.24) is 5.32 Å². The van der Waals surface area contributed by atoms with Gasteiger partial charge in [-0.3, -0.25) is 0 Å². The second-order valence-corrected chi connectivity index (χ2v) is 5.07. The second kappa shape index (κ2) is 11.5. The predicted octanol–water partition coefficient (Wildman–Crippen LogP) is 2.82. The number of ether oxygens (including phenoxy) is 1. The molecule has 19 heavy (non-hydrogen) atoms. The SMILES string of the molecule is C=C(C)CN=C(N)NCCOC1CCCCCC1.I. The smallest absolute Gasteiger partial charge is 0.188 e. The monoisotopic (exact) mass is 381 g/mol. The number of guanidine groups is 1. The molecule has 4 nitrogen and oxygen atoms in total. The molecule has 1 rings (SSSR count). The molecule has 1 aliphatic carbocycles. The van der Waals surface area contributed by atoms with E-state index in [2.05, 4.69) is 16.9 Å². The lowest BCUT2D eigenvalue weighted by Crippen LogP contribution is -2.35. The van der Waals surface area contributed by atoms with Crippen molar-refractivity contribution in [3.63, 3.8) is 0 Å². The summed E-state index contributed by atoms with van der Waals surface area (Å²) in [5, 5.41) is 3.05. The molecule has 0 spiro atoms. The number of hydrogen-bond acceptors (Lipinski definition) is 2. The maximum absolute atomic E-state index is 5.85. The normalized spacial score (nSPS) is 17.4. The first-order valence-electron chi connectivity index (χ1n) is 6.98. The summed E-state index contributed by atoms with van der Waals surface area (Å²) in [6, 6.07) is 0. The van der Waals surface area contributed by atoms with Gasteiger partial charge >= 0.3 is 0 Å². The molecule has 0 atom stereocenters. The van der Waals surface area contributed by atoms with Gasteiger partial charge in [0.1, 0.15) is 0 Å². The molecule has 5 heteroatoms. The largest absolute Gasteiger partial charge is 0.376 e. The summed E-state index contributed by atoms with van der Waals surface area (Å²) in [7, 11) is 0. The Balaban J connectivity index is 0.00000324. The molecule has 1 aliphatic rings. The third-order valence-corrected chi connectivity index (χ3v) is 3.08. The van der Waals surface area contributed by atoms with Gasteiger partial charge in [0.05, 0.1) is 19.3 Å². The van der Waals surface area contributed by atoms with E-state index in [0.717, 1.165) is 12.1 Å². The van der Waals surface area contributed by atoms with E-state index in [9.17, 15) is 0 Å². The Morgan fingerprint density at radius 2 is 1.95 bits per heavy atom. The zero-order valence-electron chi connectivity index (χ0n) is 12.0. The van der Waals surface area contributed by atoms with Gasteiger partial charge in [-0.2, -0.15) is 0 Å². The van der Waals surface area contributed by atoms with Gasteiger partial charge < -0.3 is 15.8 Å². The Labute approximate surface area is 134 Å². The van der Waals surface area contributed by atoms with Crippen molar-refractivity contribution in [2.24, 2.45) is 10.7 Å². The lowest BCUT2D eigenvalue weighted by Gasteiger charge is -2.15. The lowest BCUT2D eigenvalue weighted by molar-refractivity contribution is 0.0468. The number of aliphatic imine (C=N–C) groups is 1. The molecule has 0 radical (unpaired) electrons. The zero-order valence-corrected chi connectivity index (χ0v) is 14.3.